The van der Waals surface area contributed by atoms with Crippen LogP contribution in [0.2, 0.25) is 0 Å². The first kappa shape index (κ1) is 19.0. The summed E-state index contributed by atoms with van der Waals surface area (Å²) in [5.74, 6) is -1.69. The first-order valence-electron chi connectivity index (χ1n) is 8.49. The van der Waals surface area contributed by atoms with Gasteiger partial charge in [0.05, 0.1) is 10.5 Å². The Morgan fingerprint density at radius 1 is 1.07 bits per heavy atom. The van der Waals surface area contributed by atoms with Gasteiger partial charge < -0.3 is 10.4 Å². The third-order valence-corrected chi connectivity index (χ3v) is 6.18. The molecule has 1 saturated heterocycles. The van der Waals surface area contributed by atoms with E-state index in [0.29, 0.717) is 18.8 Å². The number of pyridine rings is 1. The van der Waals surface area contributed by atoms with Crippen LogP contribution in [0.5, 0.6) is 0 Å². The van der Waals surface area contributed by atoms with Crippen LogP contribution in [0.15, 0.2) is 47.5 Å². The number of carboxylic acid groups (broad SMARTS) is 1. The van der Waals surface area contributed by atoms with Crippen LogP contribution in [-0.2, 0) is 10.0 Å². The van der Waals surface area contributed by atoms with Crippen molar-refractivity contribution in [3.8, 4) is 0 Å². The third-order valence-electron chi connectivity index (χ3n) is 4.29. The summed E-state index contributed by atoms with van der Waals surface area (Å²) in [6.07, 6.45) is 3.87. The van der Waals surface area contributed by atoms with Gasteiger partial charge in [0.2, 0.25) is 10.0 Å². The minimum atomic E-state index is -3.60. The number of amides is 1. The molecule has 142 valence electrons. The highest BCUT2D eigenvalue weighted by molar-refractivity contribution is 7.89. The molecule has 0 radical (unpaired) electrons. The summed E-state index contributed by atoms with van der Waals surface area (Å²) in [5.41, 5.74) is 0.339. The number of aromatic nitrogens is 1. The van der Waals surface area contributed by atoms with Gasteiger partial charge in [-0.2, -0.15) is 4.31 Å². The van der Waals surface area contributed by atoms with Gasteiger partial charge >= 0.3 is 5.97 Å². The number of nitrogens with zero attached hydrogens (tertiary/aromatic N) is 2. The SMILES string of the molecule is O=C(Nc1cccc(S(=O)(=O)N2CCCCC2)c1)c1ccc(C(=O)O)nc1. The standard InChI is InChI=1S/C18H19N3O5S/c22-17(13-7-8-16(18(23)24)19-12-13)20-14-5-4-6-15(11-14)27(25,26)21-9-2-1-3-10-21/h4-8,11-12H,1-3,9-10H2,(H,20,22)(H,23,24). The van der Waals surface area contributed by atoms with Gasteiger partial charge in [0.15, 0.2) is 0 Å². The van der Waals surface area contributed by atoms with Crippen molar-refractivity contribution in [1.29, 1.82) is 0 Å². The molecule has 1 fully saturated rings. The average molecular weight is 389 g/mol. The van der Waals surface area contributed by atoms with Crippen LogP contribution in [0.25, 0.3) is 0 Å². The van der Waals surface area contributed by atoms with Crippen molar-refractivity contribution in [3.05, 3.63) is 53.9 Å². The molecule has 0 unspecified atom stereocenters. The average Bonchev–Trinajstić information content (AvgIpc) is 2.69. The lowest BCUT2D eigenvalue weighted by molar-refractivity contribution is 0.0690. The Labute approximate surface area is 156 Å². The number of hydrogen-bond donors (Lipinski definition) is 2. The predicted molar refractivity (Wildman–Crippen MR) is 98.2 cm³/mol. The van der Waals surface area contributed by atoms with Crippen LogP contribution in [0, 0.1) is 0 Å². The number of carbonyl (C=O) groups excluding carboxylic acids is 1. The third kappa shape index (κ3) is 4.32. The Hall–Kier alpha value is -2.78. The highest BCUT2D eigenvalue weighted by atomic mass is 32.2. The Kier molecular flexibility index (Phi) is 5.52. The van der Waals surface area contributed by atoms with E-state index in [1.165, 1.54) is 28.6 Å². The van der Waals surface area contributed by atoms with Crippen LogP contribution in [-0.4, -0.2) is 47.8 Å². The molecule has 2 N–H and O–H groups in total. The Morgan fingerprint density at radius 3 is 2.44 bits per heavy atom. The number of hydrogen-bond acceptors (Lipinski definition) is 5. The zero-order chi connectivity index (χ0) is 19.4. The van der Waals surface area contributed by atoms with Gasteiger partial charge in [-0.15, -0.1) is 0 Å². The molecule has 1 aromatic heterocycles. The highest BCUT2D eigenvalue weighted by Gasteiger charge is 2.26. The smallest absolute Gasteiger partial charge is 0.354 e. The van der Waals surface area contributed by atoms with Crippen LogP contribution in [0.1, 0.15) is 40.1 Å². The number of aromatic carboxylic acids is 1. The van der Waals surface area contributed by atoms with Gasteiger partial charge in [0.1, 0.15) is 5.69 Å². The molecule has 27 heavy (non-hydrogen) atoms. The summed E-state index contributed by atoms with van der Waals surface area (Å²) in [4.78, 5) is 26.9. The Bertz CT molecular complexity index is 951. The zero-order valence-corrected chi connectivity index (χ0v) is 15.3. The van der Waals surface area contributed by atoms with Crippen LogP contribution in [0.3, 0.4) is 0 Å². The van der Waals surface area contributed by atoms with E-state index in [1.807, 2.05) is 0 Å². The van der Waals surface area contributed by atoms with Gasteiger partial charge in [-0.1, -0.05) is 12.5 Å². The van der Waals surface area contributed by atoms with E-state index in [1.54, 1.807) is 12.1 Å². The number of nitrogens with one attached hydrogen (secondary N) is 1. The van der Waals surface area contributed by atoms with Gasteiger partial charge in [-0.25, -0.2) is 18.2 Å². The van der Waals surface area contributed by atoms with Crippen molar-refractivity contribution >= 4 is 27.6 Å². The second kappa shape index (κ2) is 7.85. The maximum absolute atomic E-state index is 12.7. The molecule has 0 saturated carbocycles. The second-order valence-corrected chi connectivity index (χ2v) is 8.12. The summed E-state index contributed by atoms with van der Waals surface area (Å²) in [7, 11) is -3.60. The van der Waals surface area contributed by atoms with Gasteiger partial charge in [0, 0.05) is 25.0 Å². The number of benzene rings is 1. The van der Waals surface area contributed by atoms with Gasteiger partial charge in [-0.05, 0) is 43.2 Å². The highest BCUT2D eigenvalue weighted by Crippen LogP contribution is 2.23. The predicted octanol–water partition coefficient (Wildman–Crippen LogP) is 2.21. The first-order chi connectivity index (χ1) is 12.9. The summed E-state index contributed by atoms with van der Waals surface area (Å²) in [6.45, 7) is 1.00. The van der Waals surface area contributed by atoms with E-state index in [2.05, 4.69) is 10.3 Å². The molecular formula is C18H19N3O5S. The zero-order valence-electron chi connectivity index (χ0n) is 14.5. The number of carbonyl (C=O) groups is 2. The first-order valence-corrected chi connectivity index (χ1v) is 9.93. The fraction of sp³-hybridized carbons (Fsp3) is 0.278. The monoisotopic (exact) mass is 389 g/mol. The van der Waals surface area contributed by atoms with Crippen LogP contribution >= 0.6 is 0 Å². The lowest BCUT2D eigenvalue weighted by Gasteiger charge is -2.26. The van der Waals surface area contributed by atoms with Crippen molar-refractivity contribution in [1.82, 2.24) is 9.29 Å². The lowest BCUT2D eigenvalue weighted by atomic mass is 10.2. The topological polar surface area (TPSA) is 117 Å². The summed E-state index contributed by atoms with van der Waals surface area (Å²) in [5, 5.41) is 11.5. The molecule has 1 aliphatic heterocycles. The van der Waals surface area contributed by atoms with Crippen molar-refractivity contribution in [2.75, 3.05) is 18.4 Å². The second-order valence-electron chi connectivity index (χ2n) is 6.18. The molecule has 2 heterocycles. The van der Waals surface area contributed by atoms with Crippen molar-refractivity contribution < 1.29 is 23.1 Å². The molecule has 0 spiro atoms. The van der Waals surface area contributed by atoms with E-state index in [-0.39, 0.29) is 16.2 Å². The number of rotatable bonds is 5. The molecule has 0 atom stereocenters. The molecule has 1 amide bonds. The maximum atomic E-state index is 12.7. The number of anilines is 1. The van der Waals surface area contributed by atoms with Crippen molar-refractivity contribution in [2.24, 2.45) is 0 Å². The minimum absolute atomic E-state index is 0.126. The molecule has 2 aromatic rings. The molecule has 0 aliphatic carbocycles. The summed E-state index contributed by atoms with van der Waals surface area (Å²) < 4.78 is 27.0. The molecule has 1 aliphatic rings. The Balaban J connectivity index is 1.77. The fourth-order valence-corrected chi connectivity index (χ4v) is 4.41. The molecule has 1 aromatic carbocycles. The van der Waals surface area contributed by atoms with Crippen LogP contribution in [0.4, 0.5) is 5.69 Å². The van der Waals surface area contributed by atoms with E-state index in [4.69, 9.17) is 5.11 Å². The summed E-state index contributed by atoms with van der Waals surface area (Å²) >= 11 is 0. The number of carboxylic acids is 1. The van der Waals surface area contributed by atoms with E-state index in [9.17, 15) is 18.0 Å². The van der Waals surface area contributed by atoms with E-state index >= 15 is 0 Å². The molecule has 9 heteroatoms. The molecular weight excluding hydrogens is 370 g/mol. The largest absolute Gasteiger partial charge is 0.477 e. The molecule has 8 nitrogen and oxygen atoms in total. The van der Waals surface area contributed by atoms with E-state index < -0.39 is 21.9 Å². The fourth-order valence-electron chi connectivity index (χ4n) is 2.85. The molecule has 3 rings (SSSR count). The number of piperidine rings is 1. The van der Waals surface area contributed by atoms with Crippen LogP contribution < -0.4 is 5.32 Å². The molecule has 0 bridgehead atoms. The van der Waals surface area contributed by atoms with Gasteiger partial charge in [0.25, 0.3) is 5.91 Å². The normalized spacial score (nSPS) is 15.3. The quantitative estimate of drug-likeness (QED) is 0.810. The van der Waals surface area contributed by atoms with Gasteiger partial charge in [-0.3, -0.25) is 4.79 Å². The van der Waals surface area contributed by atoms with Crippen molar-refractivity contribution in [2.45, 2.75) is 24.2 Å². The Morgan fingerprint density at radius 2 is 1.81 bits per heavy atom. The maximum Gasteiger partial charge on any atom is 0.354 e. The number of sulfonamides is 1. The summed E-state index contributed by atoms with van der Waals surface area (Å²) in [6, 6.07) is 8.66. The minimum Gasteiger partial charge on any atom is -0.477 e. The lowest BCUT2D eigenvalue weighted by Crippen LogP contribution is -2.35. The van der Waals surface area contributed by atoms with Crippen molar-refractivity contribution in [3.63, 3.8) is 0 Å². The van der Waals surface area contributed by atoms with E-state index in [0.717, 1.165) is 25.5 Å².